The molecule has 1 unspecified atom stereocenters. The maximum absolute atomic E-state index is 11.8. The van der Waals surface area contributed by atoms with Crippen LogP contribution in [0, 0.1) is 12.8 Å². The number of aryl methyl sites for hydroxylation is 1. The standard InChI is InChI=1S/C15H22N2O2/c1-11-6-7-12(9-16-11)8-15(19)17-10-14(18)13-4-2-3-5-13/h6-7,9,13-14,18H,2-5,8,10H2,1H3,(H,17,19). The van der Waals surface area contributed by atoms with E-state index in [-0.39, 0.29) is 5.91 Å². The van der Waals surface area contributed by atoms with Crippen molar-refractivity contribution in [1.29, 1.82) is 0 Å². The van der Waals surface area contributed by atoms with Gasteiger partial charge in [0.05, 0.1) is 12.5 Å². The molecule has 1 aliphatic carbocycles. The topological polar surface area (TPSA) is 62.2 Å². The van der Waals surface area contributed by atoms with Gasteiger partial charge in [0, 0.05) is 18.4 Å². The molecule has 1 amide bonds. The Hall–Kier alpha value is -1.42. The maximum Gasteiger partial charge on any atom is 0.224 e. The number of nitrogens with one attached hydrogen (secondary N) is 1. The molecular weight excluding hydrogens is 240 g/mol. The second kappa shape index (κ2) is 6.66. The van der Waals surface area contributed by atoms with Crippen molar-refractivity contribution in [3.63, 3.8) is 0 Å². The zero-order chi connectivity index (χ0) is 13.7. The van der Waals surface area contributed by atoms with Gasteiger partial charge in [0.15, 0.2) is 0 Å². The van der Waals surface area contributed by atoms with E-state index in [9.17, 15) is 9.90 Å². The second-order valence-electron chi connectivity index (χ2n) is 5.40. The first-order valence-electron chi connectivity index (χ1n) is 7.01. The van der Waals surface area contributed by atoms with Crippen molar-refractivity contribution < 1.29 is 9.90 Å². The van der Waals surface area contributed by atoms with Crippen molar-refractivity contribution in [2.75, 3.05) is 6.54 Å². The molecule has 1 aliphatic rings. The number of rotatable bonds is 5. The van der Waals surface area contributed by atoms with Crippen LogP contribution in [0.4, 0.5) is 0 Å². The van der Waals surface area contributed by atoms with Crippen molar-refractivity contribution in [3.8, 4) is 0 Å². The number of aliphatic hydroxyl groups is 1. The van der Waals surface area contributed by atoms with Crippen LogP contribution < -0.4 is 5.32 Å². The van der Waals surface area contributed by atoms with E-state index < -0.39 is 6.10 Å². The molecule has 19 heavy (non-hydrogen) atoms. The molecule has 0 aromatic carbocycles. The van der Waals surface area contributed by atoms with Crippen LogP contribution in [0.15, 0.2) is 18.3 Å². The number of carbonyl (C=O) groups excluding carboxylic acids is 1. The van der Waals surface area contributed by atoms with E-state index in [0.29, 0.717) is 18.9 Å². The number of carbonyl (C=O) groups is 1. The molecular formula is C15H22N2O2. The number of hydrogen-bond donors (Lipinski definition) is 2. The number of aromatic nitrogens is 1. The number of hydrogen-bond acceptors (Lipinski definition) is 3. The van der Waals surface area contributed by atoms with Crippen molar-refractivity contribution in [2.45, 2.75) is 45.1 Å². The Labute approximate surface area is 114 Å². The predicted molar refractivity (Wildman–Crippen MR) is 73.7 cm³/mol. The lowest BCUT2D eigenvalue weighted by molar-refractivity contribution is -0.121. The van der Waals surface area contributed by atoms with Crippen molar-refractivity contribution >= 4 is 5.91 Å². The van der Waals surface area contributed by atoms with Gasteiger partial charge in [0.25, 0.3) is 0 Å². The van der Waals surface area contributed by atoms with Crippen molar-refractivity contribution in [1.82, 2.24) is 10.3 Å². The first kappa shape index (κ1) is 14.0. The summed E-state index contributed by atoms with van der Waals surface area (Å²) in [5, 5.41) is 12.8. The molecule has 1 atom stereocenters. The lowest BCUT2D eigenvalue weighted by atomic mass is 10.0. The van der Waals surface area contributed by atoms with Gasteiger partial charge in [-0.15, -0.1) is 0 Å². The van der Waals surface area contributed by atoms with Gasteiger partial charge in [-0.3, -0.25) is 9.78 Å². The van der Waals surface area contributed by atoms with Gasteiger partial charge in [-0.25, -0.2) is 0 Å². The van der Waals surface area contributed by atoms with E-state index in [1.165, 1.54) is 12.8 Å². The fourth-order valence-corrected chi connectivity index (χ4v) is 2.58. The molecule has 104 valence electrons. The van der Waals surface area contributed by atoms with E-state index in [2.05, 4.69) is 10.3 Å². The summed E-state index contributed by atoms with van der Waals surface area (Å²) >= 11 is 0. The zero-order valence-electron chi connectivity index (χ0n) is 11.4. The van der Waals surface area contributed by atoms with E-state index in [4.69, 9.17) is 0 Å². The van der Waals surface area contributed by atoms with E-state index in [1.807, 2.05) is 19.1 Å². The molecule has 1 aromatic heterocycles. The maximum atomic E-state index is 11.8. The van der Waals surface area contributed by atoms with Gasteiger partial charge in [-0.1, -0.05) is 18.9 Å². The highest BCUT2D eigenvalue weighted by molar-refractivity contribution is 5.78. The zero-order valence-corrected chi connectivity index (χ0v) is 11.4. The molecule has 0 spiro atoms. The first-order valence-corrected chi connectivity index (χ1v) is 7.01. The minimum absolute atomic E-state index is 0.0531. The summed E-state index contributed by atoms with van der Waals surface area (Å²) < 4.78 is 0. The Bertz CT molecular complexity index is 411. The van der Waals surface area contributed by atoms with Gasteiger partial charge in [0.2, 0.25) is 5.91 Å². The minimum Gasteiger partial charge on any atom is -0.391 e. The summed E-state index contributed by atoms with van der Waals surface area (Å²) in [4.78, 5) is 15.9. The molecule has 0 saturated heterocycles. The van der Waals surface area contributed by atoms with Gasteiger partial charge < -0.3 is 10.4 Å². The SMILES string of the molecule is Cc1ccc(CC(=O)NCC(O)C2CCCC2)cn1. The molecule has 1 fully saturated rings. The predicted octanol–water partition coefficient (Wildman–Crippen LogP) is 1.60. The third-order valence-corrected chi connectivity index (χ3v) is 3.79. The summed E-state index contributed by atoms with van der Waals surface area (Å²) in [7, 11) is 0. The van der Waals surface area contributed by atoms with Gasteiger partial charge >= 0.3 is 0 Å². The molecule has 0 radical (unpaired) electrons. The lowest BCUT2D eigenvalue weighted by Gasteiger charge is -2.18. The summed E-state index contributed by atoms with van der Waals surface area (Å²) in [6.45, 7) is 2.28. The van der Waals surface area contributed by atoms with Crippen LogP contribution in [0.5, 0.6) is 0 Å². The quantitative estimate of drug-likeness (QED) is 0.847. The van der Waals surface area contributed by atoms with Crippen LogP contribution in [-0.2, 0) is 11.2 Å². The second-order valence-corrected chi connectivity index (χ2v) is 5.40. The Morgan fingerprint density at radius 2 is 2.21 bits per heavy atom. The summed E-state index contributed by atoms with van der Waals surface area (Å²) in [5.74, 6) is 0.309. The molecule has 1 saturated carbocycles. The van der Waals surface area contributed by atoms with Gasteiger partial charge in [-0.2, -0.15) is 0 Å². The monoisotopic (exact) mass is 262 g/mol. The Morgan fingerprint density at radius 3 is 2.84 bits per heavy atom. The fraction of sp³-hybridized carbons (Fsp3) is 0.600. The van der Waals surface area contributed by atoms with Crippen molar-refractivity contribution in [2.24, 2.45) is 5.92 Å². The third-order valence-electron chi connectivity index (χ3n) is 3.79. The highest BCUT2D eigenvalue weighted by atomic mass is 16.3. The lowest BCUT2D eigenvalue weighted by Crippen LogP contribution is -2.36. The molecule has 0 aliphatic heterocycles. The largest absolute Gasteiger partial charge is 0.391 e. The Kier molecular flexibility index (Phi) is 4.91. The van der Waals surface area contributed by atoms with Gasteiger partial charge in [-0.05, 0) is 37.3 Å². The molecule has 2 N–H and O–H groups in total. The Balaban J connectivity index is 1.73. The van der Waals surface area contributed by atoms with E-state index in [1.54, 1.807) is 6.20 Å². The smallest absolute Gasteiger partial charge is 0.224 e. The number of pyridine rings is 1. The molecule has 1 aromatic rings. The highest BCUT2D eigenvalue weighted by Gasteiger charge is 2.23. The van der Waals surface area contributed by atoms with Crippen LogP contribution in [0.25, 0.3) is 0 Å². The molecule has 4 nitrogen and oxygen atoms in total. The summed E-state index contributed by atoms with van der Waals surface area (Å²) in [6.07, 6.45) is 6.21. The van der Waals surface area contributed by atoms with Crippen LogP contribution in [0.1, 0.15) is 36.9 Å². The molecule has 1 heterocycles. The van der Waals surface area contributed by atoms with Crippen molar-refractivity contribution in [3.05, 3.63) is 29.6 Å². The van der Waals surface area contributed by atoms with E-state index in [0.717, 1.165) is 24.1 Å². The summed E-state index contributed by atoms with van der Waals surface area (Å²) in [6, 6.07) is 3.81. The van der Waals surface area contributed by atoms with Gasteiger partial charge in [0.1, 0.15) is 0 Å². The average Bonchev–Trinajstić information content (AvgIpc) is 2.93. The highest BCUT2D eigenvalue weighted by Crippen LogP contribution is 2.27. The number of aliphatic hydroxyl groups excluding tert-OH is 1. The molecule has 2 rings (SSSR count). The fourth-order valence-electron chi connectivity index (χ4n) is 2.58. The number of amides is 1. The van der Waals surface area contributed by atoms with Crippen LogP contribution >= 0.6 is 0 Å². The number of nitrogens with zero attached hydrogens (tertiary/aromatic N) is 1. The Morgan fingerprint density at radius 1 is 1.47 bits per heavy atom. The first-order chi connectivity index (χ1) is 9.15. The van der Waals surface area contributed by atoms with Crippen LogP contribution in [0.3, 0.4) is 0 Å². The van der Waals surface area contributed by atoms with Crippen LogP contribution in [0.2, 0.25) is 0 Å². The normalized spacial score (nSPS) is 17.4. The third kappa shape index (κ3) is 4.31. The summed E-state index contributed by atoms with van der Waals surface area (Å²) in [5.41, 5.74) is 1.85. The minimum atomic E-state index is -0.400. The van der Waals surface area contributed by atoms with E-state index >= 15 is 0 Å². The average molecular weight is 262 g/mol. The molecule has 4 heteroatoms. The molecule has 0 bridgehead atoms. The van der Waals surface area contributed by atoms with Crippen LogP contribution in [-0.4, -0.2) is 28.6 Å².